The van der Waals surface area contributed by atoms with Gasteiger partial charge in [-0.2, -0.15) is 0 Å². The second-order valence-electron chi connectivity index (χ2n) is 3.39. The van der Waals surface area contributed by atoms with Crippen LogP contribution in [0.15, 0.2) is 32.1 Å². The lowest BCUT2D eigenvalue weighted by atomic mass is 10.0. The van der Waals surface area contributed by atoms with Gasteiger partial charge < -0.3 is 10.8 Å². The predicted octanol–water partition coefficient (Wildman–Crippen LogP) is 5.07. The van der Waals surface area contributed by atoms with Gasteiger partial charge in [-0.05, 0) is 50.8 Å². The Morgan fingerprint density at radius 2 is 1.94 bits per heavy atom. The highest BCUT2D eigenvalue weighted by Crippen LogP contribution is 2.42. The number of halogens is 4. The molecule has 0 saturated heterocycles. The molecule has 0 bridgehead atoms. The number of phenolic OH excluding ortho intramolecular Hbond substituents is 1. The number of allylic oxidation sites excluding steroid dienone is 1. The minimum absolute atomic E-state index is 0. The molecule has 17 heavy (non-hydrogen) atoms. The first-order valence-corrected chi connectivity index (χ1v) is 7.09. The summed E-state index contributed by atoms with van der Waals surface area (Å²) >= 11 is 10.1. The van der Waals surface area contributed by atoms with Crippen molar-refractivity contribution < 1.29 is 5.11 Å². The zero-order valence-corrected chi connectivity index (χ0v) is 14.5. The average molecular weight is 450 g/mol. The highest BCUT2D eigenvalue weighted by atomic mass is 79.9. The lowest BCUT2D eigenvalue weighted by Gasteiger charge is -2.16. The minimum Gasteiger partial charge on any atom is -0.506 e. The van der Waals surface area contributed by atoms with Crippen LogP contribution in [-0.2, 0) is 0 Å². The SMILES string of the molecule is C=CCC[C@@H](N)c1c(Br)cc(Br)c(O)c1Br.Cl. The van der Waals surface area contributed by atoms with Gasteiger partial charge in [0, 0.05) is 16.1 Å². The lowest BCUT2D eigenvalue weighted by Crippen LogP contribution is -2.11. The standard InChI is InChI=1S/C11H12Br3NO.ClH/c1-2-3-4-8(15)9-6(12)5-7(13)11(16)10(9)14;/h2,5,8,16H,1,3-4,15H2;1H/t8-;/m1./s1. The maximum atomic E-state index is 9.80. The Kier molecular flexibility index (Phi) is 8.00. The molecular formula is C11H13Br3ClNO. The van der Waals surface area contributed by atoms with E-state index < -0.39 is 0 Å². The molecule has 0 fully saturated rings. The number of aromatic hydroxyl groups is 1. The van der Waals surface area contributed by atoms with Crippen molar-refractivity contribution >= 4 is 60.2 Å². The van der Waals surface area contributed by atoms with E-state index in [9.17, 15) is 5.11 Å². The van der Waals surface area contributed by atoms with E-state index in [4.69, 9.17) is 5.73 Å². The second kappa shape index (κ2) is 7.79. The van der Waals surface area contributed by atoms with Crippen LogP contribution in [0.2, 0.25) is 0 Å². The van der Waals surface area contributed by atoms with Crippen molar-refractivity contribution in [3.8, 4) is 5.75 Å². The van der Waals surface area contributed by atoms with E-state index in [0.717, 1.165) is 22.9 Å². The summed E-state index contributed by atoms with van der Waals surface area (Å²) in [6.45, 7) is 3.67. The predicted molar refractivity (Wildman–Crippen MR) is 84.8 cm³/mol. The van der Waals surface area contributed by atoms with Crippen molar-refractivity contribution in [2.45, 2.75) is 18.9 Å². The highest BCUT2D eigenvalue weighted by Gasteiger charge is 2.18. The van der Waals surface area contributed by atoms with Gasteiger partial charge in [0.2, 0.25) is 0 Å². The third-order valence-corrected chi connectivity index (χ3v) is 4.30. The van der Waals surface area contributed by atoms with Crippen molar-refractivity contribution in [2.75, 3.05) is 0 Å². The first-order chi connectivity index (χ1) is 7.49. The van der Waals surface area contributed by atoms with Crippen LogP contribution in [0.25, 0.3) is 0 Å². The maximum Gasteiger partial charge on any atom is 0.144 e. The highest BCUT2D eigenvalue weighted by molar-refractivity contribution is 9.11. The molecule has 3 N–H and O–H groups in total. The van der Waals surface area contributed by atoms with Crippen molar-refractivity contribution in [1.82, 2.24) is 0 Å². The molecule has 2 nitrogen and oxygen atoms in total. The van der Waals surface area contributed by atoms with E-state index in [2.05, 4.69) is 54.4 Å². The molecule has 0 unspecified atom stereocenters. The molecular weight excluding hydrogens is 437 g/mol. The van der Waals surface area contributed by atoms with Crippen molar-refractivity contribution in [1.29, 1.82) is 0 Å². The van der Waals surface area contributed by atoms with Crippen LogP contribution in [0.5, 0.6) is 5.75 Å². The first kappa shape index (κ1) is 17.4. The molecule has 1 atom stereocenters. The lowest BCUT2D eigenvalue weighted by molar-refractivity contribution is 0.465. The zero-order chi connectivity index (χ0) is 12.3. The summed E-state index contributed by atoms with van der Waals surface area (Å²) in [6.07, 6.45) is 3.47. The van der Waals surface area contributed by atoms with E-state index in [-0.39, 0.29) is 24.2 Å². The summed E-state index contributed by atoms with van der Waals surface area (Å²) in [6, 6.07) is 1.66. The summed E-state index contributed by atoms with van der Waals surface area (Å²) in [5.41, 5.74) is 6.94. The number of phenols is 1. The normalized spacial score (nSPS) is 11.8. The smallest absolute Gasteiger partial charge is 0.144 e. The van der Waals surface area contributed by atoms with E-state index in [1.54, 1.807) is 6.07 Å². The monoisotopic (exact) mass is 447 g/mol. The molecule has 0 aliphatic heterocycles. The number of benzene rings is 1. The summed E-state index contributed by atoms with van der Waals surface area (Å²) in [5.74, 6) is 0.173. The van der Waals surface area contributed by atoms with Gasteiger partial charge in [-0.1, -0.05) is 22.0 Å². The molecule has 1 aromatic carbocycles. The molecule has 6 heteroatoms. The first-order valence-electron chi connectivity index (χ1n) is 4.71. The summed E-state index contributed by atoms with van der Waals surface area (Å²) in [7, 11) is 0. The summed E-state index contributed by atoms with van der Waals surface area (Å²) in [5, 5.41) is 9.80. The van der Waals surface area contributed by atoms with Crippen LogP contribution in [0, 0.1) is 0 Å². The van der Waals surface area contributed by atoms with Gasteiger partial charge >= 0.3 is 0 Å². The van der Waals surface area contributed by atoms with Crippen LogP contribution in [0.1, 0.15) is 24.4 Å². The van der Waals surface area contributed by atoms with Gasteiger partial charge in [-0.15, -0.1) is 19.0 Å². The average Bonchev–Trinajstić information content (AvgIpc) is 2.23. The topological polar surface area (TPSA) is 46.2 Å². The number of hydrogen-bond donors (Lipinski definition) is 2. The minimum atomic E-state index is -0.138. The van der Waals surface area contributed by atoms with Crippen LogP contribution in [0.3, 0.4) is 0 Å². The third-order valence-electron chi connectivity index (χ3n) is 2.23. The molecule has 1 aromatic rings. The van der Waals surface area contributed by atoms with Crippen LogP contribution >= 0.6 is 60.2 Å². The molecule has 0 aliphatic rings. The fourth-order valence-corrected chi connectivity index (χ4v) is 4.09. The van der Waals surface area contributed by atoms with Crippen molar-refractivity contribution in [2.24, 2.45) is 5.73 Å². The van der Waals surface area contributed by atoms with Gasteiger partial charge in [0.25, 0.3) is 0 Å². The van der Waals surface area contributed by atoms with Gasteiger partial charge in [-0.25, -0.2) is 0 Å². The van der Waals surface area contributed by atoms with E-state index >= 15 is 0 Å². The van der Waals surface area contributed by atoms with Crippen LogP contribution < -0.4 is 5.73 Å². The largest absolute Gasteiger partial charge is 0.506 e. The Bertz CT molecular complexity index is 412. The molecule has 0 amide bonds. The molecule has 96 valence electrons. The zero-order valence-electron chi connectivity index (χ0n) is 8.92. The fourth-order valence-electron chi connectivity index (χ4n) is 1.38. The fraction of sp³-hybridized carbons (Fsp3) is 0.273. The summed E-state index contributed by atoms with van der Waals surface area (Å²) in [4.78, 5) is 0. The molecule has 0 aromatic heterocycles. The molecule has 0 aliphatic carbocycles. The van der Waals surface area contributed by atoms with E-state index in [1.807, 2.05) is 6.08 Å². The third kappa shape index (κ3) is 4.24. The molecule has 0 radical (unpaired) electrons. The number of hydrogen-bond acceptors (Lipinski definition) is 2. The van der Waals surface area contributed by atoms with Gasteiger partial charge in [-0.3, -0.25) is 0 Å². The van der Waals surface area contributed by atoms with E-state index in [0.29, 0.717) is 8.95 Å². The van der Waals surface area contributed by atoms with Crippen molar-refractivity contribution in [3.63, 3.8) is 0 Å². The number of rotatable bonds is 4. The molecule has 0 saturated carbocycles. The van der Waals surface area contributed by atoms with Crippen molar-refractivity contribution in [3.05, 3.63) is 37.7 Å². The Balaban J connectivity index is 0.00000256. The molecule has 0 heterocycles. The van der Waals surface area contributed by atoms with Gasteiger partial charge in [0.15, 0.2) is 0 Å². The van der Waals surface area contributed by atoms with E-state index in [1.165, 1.54) is 0 Å². The quantitative estimate of drug-likeness (QED) is 0.630. The van der Waals surface area contributed by atoms with Gasteiger partial charge in [0.05, 0.1) is 8.95 Å². The Morgan fingerprint density at radius 1 is 1.35 bits per heavy atom. The Hall–Kier alpha value is 0.450. The Morgan fingerprint density at radius 3 is 2.47 bits per heavy atom. The number of nitrogens with two attached hydrogens (primary N) is 1. The second-order valence-corrected chi connectivity index (χ2v) is 5.89. The van der Waals surface area contributed by atoms with Crippen LogP contribution in [0.4, 0.5) is 0 Å². The molecule has 1 rings (SSSR count). The molecule has 0 spiro atoms. The maximum absolute atomic E-state index is 9.80. The van der Waals surface area contributed by atoms with Crippen LogP contribution in [-0.4, -0.2) is 5.11 Å². The summed E-state index contributed by atoms with van der Waals surface area (Å²) < 4.78 is 2.14. The van der Waals surface area contributed by atoms with Gasteiger partial charge in [0.1, 0.15) is 5.75 Å². The Labute approximate surface area is 132 Å².